The Kier molecular flexibility index (Phi) is 10.7. The van der Waals surface area contributed by atoms with Crippen LogP contribution in [0.15, 0.2) is 36.4 Å². The fourth-order valence-corrected chi connectivity index (χ4v) is 0.385. The van der Waals surface area contributed by atoms with Crippen molar-refractivity contribution < 1.29 is 9.90 Å². The Morgan fingerprint density at radius 1 is 1.08 bits per heavy atom. The normalized spacial score (nSPS) is 7.08. The minimum absolute atomic E-state index is 0. The summed E-state index contributed by atoms with van der Waals surface area (Å²) in [7, 11) is 0. The number of carboxylic acids is 1. The summed E-state index contributed by atoms with van der Waals surface area (Å²) in [6.45, 7) is 1.60. The summed E-state index contributed by atoms with van der Waals surface area (Å²) < 4.78 is 0. The van der Waals surface area contributed by atoms with Gasteiger partial charge in [-0.3, -0.25) is 4.79 Å². The number of hydrogen-bond donors (Lipinski definition) is 2. The standard InChI is InChI=1S/C6H6.C3H6O2.H3N/c1-2-4-6-5-3-1;1-2-3(4)5;/h1-6H;2H2,1H3,(H,4,5);1H3. The molecule has 0 heterocycles. The molecule has 0 unspecified atom stereocenters. The molecular formula is C9H15NO2. The van der Waals surface area contributed by atoms with Crippen LogP contribution in [0.1, 0.15) is 13.3 Å². The largest absolute Gasteiger partial charge is 0.481 e. The maximum absolute atomic E-state index is 9.37. The second kappa shape index (κ2) is 9.65. The van der Waals surface area contributed by atoms with Crippen LogP contribution in [-0.4, -0.2) is 11.1 Å². The zero-order chi connectivity index (χ0) is 8.53. The molecule has 0 bridgehead atoms. The summed E-state index contributed by atoms with van der Waals surface area (Å²) in [5.41, 5.74) is 0. The lowest BCUT2D eigenvalue weighted by Crippen LogP contribution is -1.86. The van der Waals surface area contributed by atoms with Crippen LogP contribution >= 0.6 is 0 Å². The molecule has 4 N–H and O–H groups in total. The van der Waals surface area contributed by atoms with E-state index in [2.05, 4.69) is 0 Å². The van der Waals surface area contributed by atoms with Gasteiger partial charge in [-0.1, -0.05) is 43.3 Å². The summed E-state index contributed by atoms with van der Waals surface area (Å²) in [4.78, 5) is 9.37. The lowest BCUT2D eigenvalue weighted by molar-refractivity contribution is -0.136. The van der Waals surface area contributed by atoms with Gasteiger partial charge in [0.2, 0.25) is 0 Å². The molecule has 68 valence electrons. The number of hydrogen-bond acceptors (Lipinski definition) is 2. The Labute approximate surface area is 72.6 Å². The van der Waals surface area contributed by atoms with Crippen LogP contribution in [0, 0.1) is 0 Å². The molecule has 12 heavy (non-hydrogen) atoms. The Bertz CT molecular complexity index is 160. The quantitative estimate of drug-likeness (QED) is 0.677. The van der Waals surface area contributed by atoms with E-state index >= 15 is 0 Å². The molecular weight excluding hydrogens is 154 g/mol. The van der Waals surface area contributed by atoms with Crippen LogP contribution in [0.3, 0.4) is 0 Å². The molecule has 0 aliphatic heterocycles. The van der Waals surface area contributed by atoms with E-state index in [0.29, 0.717) is 0 Å². The van der Waals surface area contributed by atoms with Gasteiger partial charge in [0.25, 0.3) is 0 Å². The molecule has 0 spiro atoms. The lowest BCUT2D eigenvalue weighted by atomic mass is 10.4. The first-order chi connectivity index (χ1) is 5.27. The molecule has 3 nitrogen and oxygen atoms in total. The van der Waals surface area contributed by atoms with Crippen molar-refractivity contribution in [3.05, 3.63) is 36.4 Å². The molecule has 0 fully saturated rings. The SMILES string of the molecule is CCC(=O)O.N.c1ccccc1. The first-order valence-corrected chi connectivity index (χ1v) is 3.49. The molecule has 0 radical (unpaired) electrons. The third kappa shape index (κ3) is 11.4. The van der Waals surface area contributed by atoms with Gasteiger partial charge in [-0.05, 0) is 0 Å². The molecule has 0 aromatic heterocycles. The van der Waals surface area contributed by atoms with E-state index < -0.39 is 5.97 Å². The van der Waals surface area contributed by atoms with E-state index in [9.17, 15) is 4.79 Å². The van der Waals surface area contributed by atoms with Crippen molar-refractivity contribution in [3.63, 3.8) is 0 Å². The summed E-state index contributed by atoms with van der Waals surface area (Å²) in [6, 6.07) is 12.0. The minimum atomic E-state index is -0.745. The molecule has 1 aromatic rings. The van der Waals surface area contributed by atoms with E-state index in [4.69, 9.17) is 5.11 Å². The number of carbonyl (C=O) groups is 1. The Morgan fingerprint density at radius 3 is 1.33 bits per heavy atom. The van der Waals surface area contributed by atoms with E-state index in [1.807, 2.05) is 36.4 Å². The molecule has 0 saturated heterocycles. The smallest absolute Gasteiger partial charge is 0.303 e. The van der Waals surface area contributed by atoms with E-state index in [1.54, 1.807) is 6.92 Å². The minimum Gasteiger partial charge on any atom is -0.481 e. The van der Waals surface area contributed by atoms with Gasteiger partial charge in [0.15, 0.2) is 0 Å². The third-order valence-corrected chi connectivity index (χ3v) is 0.969. The predicted octanol–water partition coefficient (Wildman–Crippen LogP) is 2.33. The molecule has 0 aliphatic carbocycles. The maximum atomic E-state index is 9.37. The van der Waals surface area contributed by atoms with Crippen LogP contribution in [0.5, 0.6) is 0 Å². The van der Waals surface area contributed by atoms with Gasteiger partial charge in [-0.2, -0.15) is 0 Å². The first-order valence-electron chi connectivity index (χ1n) is 3.49. The van der Waals surface area contributed by atoms with E-state index in [-0.39, 0.29) is 12.6 Å². The number of benzene rings is 1. The molecule has 0 amide bonds. The summed E-state index contributed by atoms with van der Waals surface area (Å²) >= 11 is 0. The highest BCUT2D eigenvalue weighted by Crippen LogP contribution is 1.79. The monoisotopic (exact) mass is 169 g/mol. The average molecular weight is 169 g/mol. The average Bonchev–Trinajstić information content (AvgIpc) is 2.09. The molecule has 1 rings (SSSR count). The van der Waals surface area contributed by atoms with Crippen LogP contribution in [0.25, 0.3) is 0 Å². The highest BCUT2D eigenvalue weighted by molar-refractivity contribution is 5.66. The van der Waals surface area contributed by atoms with Crippen LogP contribution in [0.2, 0.25) is 0 Å². The second-order valence-electron chi connectivity index (χ2n) is 1.90. The van der Waals surface area contributed by atoms with Gasteiger partial charge in [-0.25, -0.2) is 0 Å². The van der Waals surface area contributed by atoms with E-state index in [1.165, 1.54) is 0 Å². The van der Waals surface area contributed by atoms with Crippen molar-refractivity contribution in [2.75, 3.05) is 0 Å². The zero-order valence-corrected chi connectivity index (χ0v) is 7.23. The fraction of sp³-hybridized carbons (Fsp3) is 0.222. The van der Waals surface area contributed by atoms with Gasteiger partial charge < -0.3 is 11.3 Å². The Hall–Kier alpha value is -1.35. The summed E-state index contributed by atoms with van der Waals surface area (Å²) in [6.07, 6.45) is 0.222. The van der Waals surface area contributed by atoms with Crippen molar-refractivity contribution in [2.24, 2.45) is 0 Å². The van der Waals surface area contributed by atoms with Crippen LogP contribution < -0.4 is 6.15 Å². The number of aliphatic carboxylic acids is 1. The highest BCUT2D eigenvalue weighted by atomic mass is 16.4. The maximum Gasteiger partial charge on any atom is 0.303 e. The summed E-state index contributed by atoms with van der Waals surface area (Å²) in [5, 5.41) is 7.72. The Balaban J connectivity index is 0. The molecule has 0 saturated carbocycles. The predicted molar refractivity (Wildman–Crippen MR) is 49.4 cm³/mol. The van der Waals surface area contributed by atoms with Gasteiger partial charge in [0.1, 0.15) is 0 Å². The van der Waals surface area contributed by atoms with Crippen molar-refractivity contribution in [3.8, 4) is 0 Å². The van der Waals surface area contributed by atoms with Crippen molar-refractivity contribution in [1.82, 2.24) is 6.15 Å². The summed E-state index contributed by atoms with van der Waals surface area (Å²) in [5.74, 6) is -0.745. The van der Waals surface area contributed by atoms with Gasteiger partial charge >= 0.3 is 5.97 Å². The zero-order valence-electron chi connectivity index (χ0n) is 7.23. The van der Waals surface area contributed by atoms with Crippen molar-refractivity contribution in [2.45, 2.75) is 13.3 Å². The van der Waals surface area contributed by atoms with Gasteiger partial charge in [0.05, 0.1) is 0 Å². The lowest BCUT2D eigenvalue weighted by Gasteiger charge is -1.71. The molecule has 1 aromatic carbocycles. The molecule has 0 atom stereocenters. The van der Waals surface area contributed by atoms with Gasteiger partial charge in [-0.15, -0.1) is 0 Å². The topological polar surface area (TPSA) is 72.3 Å². The third-order valence-electron chi connectivity index (χ3n) is 0.969. The van der Waals surface area contributed by atoms with Crippen LogP contribution in [-0.2, 0) is 4.79 Å². The van der Waals surface area contributed by atoms with Crippen molar-refractivity contribution >= 4 is 5.97 Å². The Morgan fingerprint density at radius 2 is 1.25 bits per heavy atom. The fourth-order valence-electron chi connectivity index (χ4n) is 0.385. The van der Waals surface area contributed by atoms with Crippen molar-refractivity contribution in [1.29, 1.82) is 0 Å². The van der Waals surface area contributed by atoms with Crippen LogP contribution in [0.4, 0.5) is 0 Å². The molecule has 0 aliphatic rings. The van der Waals surface area contributed by atoms with E-state index in [0.717, 1.165) is 0 Å². The first kappa shape index (κ1) is 13.3. The highest BCUT2D eigenvalue weighted by Gasteiger charge is 1.80. The van der Waals surface area contributed by atoms with Gasteiger partial charge in [0, 0.05) is 6.42 Å². The number of rotatable bonds is 1. The number of carboxylic acid groups (broad SMARTS) is 1. The second-order valence-corrected chi connectivity index (χ2v) is 1.90. The molecule has 3 heteroatoms.